The second kappa shape index (κ2) is 3.22. The van der Waals surface area contributed by atoms with Crippen molar-refractivity contribution < 1.29 is 4.11 Å². The van der Waals surface area contributed by atoms with Gasteiger partial charge in [0.05, 0.1) is 0 Å². The Morgan fingerprint density at radius 2 is 2.40 bits per heavy atom. The van der Waals surface area contributed by atoms with Crippen LogP contribution in [0.15, 0.2) is 24.3 Å². The van der Waals surface area contributed by atoms with Crippen LogP contribution in [0.25, 0.3) is 0 Å². The van der Waals surface area contributed by atoms with Crippen molar-refractivity contribution in [2.45, 2.75) is 6.54 Å². The summed E-state index contributed by atoms with van der Waals surface area (Å²) in [5.41, 5.74) is 7.04. The SMILES string of the molecule is [2H]C([2H])([2H])NCc1ccccc1N. The van der Waals surface area contributed by atoms with Crippen molar-refractivity contribution in [3.8, 4) is 0 Å². The van der Waals surface area contributed by atoms with Gasteiger partial charge in [0.15, 0.2) is 0 Å². The summed E-state index contributed by atoms with van der Waals surface area (Å²) in [5.74, 6) is 0. The molecule has 54 valence electrons. The van der Waals surface area contributed by atoms with Crippen LogP contribution in [0.3, 0.4) is 0 Å². The smallest absolute Gasteiger partial charge is 0.0391 e. The van der Waals surface area contributed by atoms with E-state index < -0.39 is 6.98 Å². The Labute approximate surface area is 65.3 Å². The van der Waals surface area contributed by atoms with Gasteiger partial charge in [-0.05, 0) is 18.6 Å². The van der Waals surface area contributed by atoms with Crippen molar-refractivity contribution in [1.29, 1.82) is 0 Å². The summed E-state index contributed by atoms with van der Waals surface area (Å²) in [7, 11) is 0. The van der Waals surface area contributed by atoms with Crippen molar-refractivity contribution in [2.75, 3.05) is 12.7 Å². The monoisotopic (exact) mass is 139 g/mol. The third kappa shape index (κ3) is 1.48. The lowest BCUT2D eigenvalue weighted by atomic mass is 10.2. The third-order valence-corrected chi connectivity index (χ3v) is 1.33. The zero-order valence-corrected chi connectivity index (χ0v) is 5.59. The minimum Gasteiger partial charge on any atom is -0.398 e. The van der Waals surface area contributed by atoms with Gasteiger partial charge < -0.3 is 11.1 Å². The van der Waals surface area contributed by atoms with Crippen LogP contribution >= 0.6 is 0 Å². The van der Waals surface area contributed by atoms with Gasteiger partial charge in [0.1, 0.15) is 0 Å². The molecule has 0 saturated carbocycles. The number of rotatable bonds is 2. The van der Waals surface area contributed by atoms with Crippen molar-refractivity contribution >= 4 is 5.69 Å². The highest BCUT2D eigenvalue weighted by molar-refractivity contribution is 5.46. The molecule has 0 aromatic heterocycles. The van der Waals surface area contributed by atoms with Gasteiger partial charge in [-0.25, -0.2) is 0 Å². The Morgan fingerprint density at radius 3 is 3.10 bits per heavy atom. The summed E-state index contributed by atoms with van der Waals surface area (Å²) >= 11 is 0. The topological polar surface area (TPSA) is 38.0 Å². The minimum atomic E-state index is -2.11. The van der Waals surface area contributed by atoms with Crippen molar-refractivity contribution in [2.24, 2.45) is 0 Å². The van der Waals surface area contributed by atoms with Gasteiger partial charge in [-0.3, -0.25) is 0 Å². The van der Waals surface area contributed by atoms with E-state index in [-0.39, 0.29) is 6.54 Å². The number of hydrogen-bond acceptors (Lipinski definition) is 2. The van der Waals surface area contributed by atoms with Crippen LogP contribution in [0.5, 0.6) is 0 Å². The van der Waals surface area contributed by atoms with Gasteiger partial charge in [0.25, 0.3) is 0 Å². The Kier molecular flexibility index (Phi) is 1.28. The Morgan fingerprint density at radius 1 is 1.60 bits per heavy atom. The molecule has 2 heteroatoms. The number of nitrogens with one attached hydrogen (secondary N) is 1. The van der Waals surface area contributed by atoms with Crippen molar-refractivity contribution in [1.82, 2.24) is 5.32 Å². The first kappa shape index (κ1) is 3.98. The average molecular weight is 139 g/mol. The number of anilines is 1. The summed E-state index contributed by atoms with van der Waals surface area (Å²) in [4.78, 5) is 0. The highest BCUT2D eigenvalue weighted by Crippen LogP contribution is 2.08. The highest BCUT2D eigenvalue weighted by atomic mass is 14.8. The predicted molar refractivity (Wildman–Crippen MR) is 43.6 cm³/mol. The molecule has 0 atom stereocenters. The molecule has 0 aliphatic rings. The molecular weight excluding hydrogens is 124 g/mol. The highest BCUT2D eigenvalue weighted by Gasteiger charge is 1.92. The lowest BCUT2D eigenvalue weighted by molar-refractivity contribution is 0.820. The summed E-state index contributed by atoms with van der Waals surface area (Å²) < 4.78 is 20.8. The van der Waals surface area contributed by atoms with Gasteiger partial charge in [-0.2, -0.15) is 0 Å². The molecule has 0 aliphatic heterocycles. The first-order chi connectivity index (χ1) is 5.99. The molecule has 0 unspecified atom stereocenters. The van der Waals surface area contributed by atoms with Crippen LogP contribution < -0.4 is 11.1 Å². The molecule has 10 heavy (non-hydrogen) atoms. The van der Waals surface area contributed by atoms with E-state index in [0.29, 0.717) is 5.69 Å². The Hall–Kier alpha value is -1.02. The zero-order chi connectivity index (χ0) is 9.90. The summed E-state index contributed by atoms with van der Waals surface area (Å²) in [6, 6.07) is 7.19. The summed E-state index contributed by atoms with van der Waals surface area (Å²) in [6.07, 6.45) is 0. The first-order valence-corrected chi connectivity index (χ1v) is 3.07. The van der Waals surface area contributed by atoms with Crippen molar-refractivity contribution in [3.05, 3.63) is 29.8 Å². The first-order valence-electron chi connectivity index (χ1n) is 4.57. The fraction of sp³-hybridized carbons (Fsp3) is 0.250. The molecular formula is C8H12N2. The molecule has 0 spiro atoms. The van der Waals surface area contributed by atoms with Gasteiger partial charge in [-0.1, -0.05) is 18.2 Å². The average Bonchev–Trinajstić information content (AvgIpc) is 2.01. The standard InChI is InChI=1S/C8H12N2/c1-10-6-7-4-2-3-5-8(7)9/h2-5,10H,6,9H2,1H3/i1D3. The van der Waals surface area contributed by atoms with E-state index in [4.69, 9.17) is 9.85 Å². The number of hydrogen-bond donors (Lipinski definition) is 2. The lowest BCUT2D eigenvalue weighted by Gasteiger charge is -2.02. The summed E-state index contributed by atoms with van der Waals surface area (Å²) in [5, 5.41) is 2.40. The minimum absolute atomic E-state index is 0.267. The summed E-state index contributed by atoms with van der Waals surface area (Å²) in [6.45, 7) is -1.84. The Balaban J connectivity index is 2.60. The van der Waals surface area contributed by atoms with Crippen LogP contribution in [0.4, 0.5) is 5.69 Å². The molecule has 0 radical (unpaired) electrons. The number of benzene rings is 1. The van der Waals surface area contributed by atoms with Gasteiger partial charge in [-0.15, -0.1) is 0 Å². The van der Waals surface area contributed by atoms with Crippen LogP contribution in [0.1, 0.15) is 9.68 Å². The molecule has 0 bridgehead atoms. The fourth-order valence-corrected chi connectivity index (χ4v) is 0.790. The third-order valence-electron chi connectivity index (χ3n) is 1.33. The molecule has 3 N–H and O–H groups in total. The maximum atomic E-state index is 6.93. The normalized spacial score (nSPS) is 15.4. The lowest BCUT2D eigenvalue weighted by Crippen LogP contribution is -2.06. The molecule has 2 nitrogen and oxygen atoms in total. The van der Waals surface area contributed by atoms with E-state index in [1.165, 1.54) is 0 Å². The van der Waals surface area contributed by atoms with Crippen LogP contribution in [-0.2, 0) is 6.54 Å². The van der Waals surface area contributed by atoms with E-state index in [9.17, 15) is 0 Å². The van der Waals surface area contributed by atoms with Crippen LogP contribution in [0.2, 0.25) is 0 Å². The van der Waals surface area contributed by atoms with Gasteiger partial charge in [0.2, 0.25) is 0 Å². The number of para-hydroxylation sites is 1. The Bertz CT molecular complexity index is 283. The molecule has 0 fully saturated rings. The quantitative estimate of drug-likeness (QED) is 0.600. The van der Waals surface area contributed by atoms with E-state index in [1.54, 1.807) is 12.1 Å². The molecule has 0 amide bonds. The predicted octanol–water partition coefficient (Wildman–Crippen LogP) is 0.988. The van der Waals surface area contributed by atoms with E-state index in [1.807, 2.05) is 12.1 Å². The van der Waals surface area contributed by atoms with E-state index >= 15 is 0 Å². The van der Waals surface area contributed by atoms with E-state index in [0.717, 1.165) is 5.56 Å². The molecule has 1 rings (SSSR count). The maximum absolute atomic E-state index is 6.93. The van der Waals surface area contributed by atoms with Crippen LogP contribution in [0, 0.1) is 0 Å². The largest absolute Gasteiger partial charge is 0.398 e. The van der Waals surface area contributed by atoms with Crippen molar-refractivity contribution in [3.63, 3.8) is 0 Å². The zero-order valence-electron chi connectivity index (χ0n) is 8.59. The molecule has 1 aromatic carbocycles. The molecule has 0 saturated heterocycles. The second-order valence-electron chi connectivity index (χ2n) is 2.05. The molecule has 0 heterocycles. The van der Waals surface area contributed by atoms with Crippen LogP contribution in [-0.4, -0.2) is 6.98 Å². The molecule has 1 aromatic rings. The maximum Gasteiger partial charge on any atom is 0.0391 e. The molecule has 0 aliphatic carbocycles. The van der Waals surface area contributed by atoms with Gasteiger partial charge >= 0.3 is 0 Å². The number of nitrogens with two attached hydrogens (primary N) is 1. The van der Waals surface area contributed by atoms with Gasteiger partial charge in [0, 0.05) is 16.3 Å². The second-order valence-corrected chi connectivity index (χ2v) is 2.05. The van der Waals surface area contributed by atoms with E-state index in [2.05, 4.69) is 5.32 Å². The fourth-order valence-electron chi connectivity index (χ4n) is 0.790. The number of nitrogen functional groups attached to an aromatic ring is 1.